The molecule has 0 amide bonds. The third-order valence-corrected chi connectivity index (χ3v) is 7.71. The van der Waals surface area contributed by atoms with E-state index in [1.807, 2.05) is 0 Å². The van der Waals surface area contributed by atoms with Crippen molar-refractivity contribution in [2.45, 2.75) is 43.6 Å². The van der Waals surface area contributed by atoms with Crippen LogP contribution in [-0.2, 0) is 51.6 Å². The molecule has 0 N–H and O–H groups in total. The zero-order valence-electron chi connectivity index (χ0n) is 18.2. The smallest absolute Gasteiger partial charge is 0.446 e. The van der Waals surface area contributed by atoms with Gasteiger partial charge in [-0.15, -0.1) is 0 Å². The van der Waals surface area contributed by atoms with Crippen LogP contribution in [0, 0.1) is 0 Å². The van der Waals surface area contributed by atoms with Crippen LogP contribution in [0.3, 0.4) is 0 Å². The van der Waals surface area contributed by atoms with E-state index in [2.05, 4.69) is 4.74 Å². The number of esters is 1. The molecule has 0 radical (unpaired) electrons. The van der Waals surface area contributed by atoms with E-state index in [1.165, 1.54) is 14.0 Å². The van der Waals surface area contributed by atoms with Crippen molar-refractivity contribution in [3.8, 4) is 0 Å². The predicted octanol–water partition coefficient (Wildman–Crippen LogP) is 0.710. The van der Waals surface area contributed by atoms with E-state index < -0.39 is 58.1 Å². The zero-order chi connectivity index (χ0) is 26.9. The first kappa shape index (κ1) is 29.6. The second-order valence-corrected chi connectivity index (χ2v) is 10.4. The first-order chi connectivity index (χ1) is 15.2. The minimum Gasteiger partial charge on any atom is -0.446 e. The number of sulfonamides is 2. The van der Waals surface area contributed by atoms with Crippen molar-refractivity contribution in [3.05, 3.63) is 18.7 Å². The molecule has 19 heteroatoms. The van der Waals surface area contributed by atoms with Crippen LogP contribution in [-0.4, -0.2) is 67.7 Å². The maximum atomic E-state index is 13.3. The number of imidazole rings is 1. The summed E-state index contributed by atoms with van der Waals surface area (Å²) in [4.78, 5) is 13.0. The maximum Gasteiger partial charge on any atom is 0.561 e. The molecule has 0 saturated carbocycles. The fraction of sp³-hybridized carbons (Fsp3) is 0.667. The molecule has 1 aromatic heterocycles. The molecule has 0 fully saturated rings. The summed E-state index contributed by atoms with van der Waals surface area (Å²) >= 11 is 0. The number of hydrogen-bond acceptors (Lipinski definition) is 8. The molecule has 0 aromatic carbocycles. The lowest BCUT2D eigenvalue weighted by Gasteiger charge is -2.24. The van der Waals surface area contributed by atoms with E-state index in [9.17, 15) is 48.0 Å². The van der Waals surface area contributed by atoms with Gasteiger partial charge in [0.15, 0.2) is 6.29 Å². The molecule has 34 heavy (non-hydrogen) atoms. The maximum absolute atomic E-state index is 13.3. The Morgan fingerprint density at radius 1 is 1.09 bits per heavy atom. The van der Waals surface area contributed by atoms with E-state index >= 15 is 0 Å². The number of carbonyl (C=O) groups is 1. The highest BCUT2D eigenvalue weighted by Gasteiger charge is 2.72. The van der Waals surface area contributed by atoms with Gasteiger partial charge in [-0.3, -0.25) is 0 Å². The summed E-state index contributed by atoms with van der Waals surface area (Å²) in [5.41, 5.74) is -16.2. The van der Waals surface area contributed by atoms with Crippen LogP contribution in [0.5, 0.6) is 0 Å². The number of alkyl halides is 6. The molecule has 1 rings (SSSR count). The molecule has 196 valence electrons. The van der Waals surface area contributed by atoms with Crippen molar-refractivity contribution >= 4 is 31.9 Å². The molecule has 2 unspecified atom stereocenters. The van der Waals surface area contributed by atoms with E-state index in [1.54, 1.807) is 0 Å². The van der Waals surface area contributed by atoms with Crippen molar-refractivity contribution in [3.63, 3.8) is 0 Å². The fourth-order valence-corrected chi connectivity index (χ4v) is 5.40. The van der Waals surface area contributed by atoms with Crippen molar-refractivity contribution in [2.24, 2.45) is 7.05 Å². The first-order valence-electron chi connectivity index (χ1n) is 8.90. The number of nitrogens with zero attached hydrogens (tertiary/aromatic N) is 3. The van der Waals surface area contributed by atoms with Gasteiger partial charge in [0.05, 0.1) is 17.5 Å². The van der Waals surface area contributed by atoms with Crippen molar-refractivity contribution in [1.82, 2.24) is 4.57 Å². The SMILES string of the molecule is CCOC(C)OC(=O)C(C)(C(OC)=[N+](S(=O)(=O)C(F)(F)F)S(=O)(=O)C(F)(F)F)n1cc[n+](C)c1. The van der Waals surface area contributed by atoms with E-state index in [-0.39, 0.29) is 6.61 Å². The highest BCUT2D eigenvalue weighted by atomic mass is 32.3. The number of rotatable bonds is 8. The molecule has 0 aliphatic rings. The topological polar surface area (TPSA) is 125 Å². The average Bonchev–Trinajstić information content (AvgIpc) is 3.09. The first-order valence-corrected chi connectivity index (χ1v) is 11.8. The molecular weight excluding hydrogens is 528 g/mol. The predicted molar refractivity (Wildman–Crippen MR) is 98.7 cm³/mol. The van der Waals surface area contributed by atoms with Gasteiger partial charge in [-0.25, -0.2) is 13.9 Å². The van der Waals surface area contributed by atoms with E-state index in [0.717, 1.165) is 30.2 Å². The molecule has 0 aliphatic heterocycles. The average molecular weight is 549 g/mol. The normalized spacial score (nSPS) is 15.9. The number of hydrogen-bond donors (Lipinski definition) is 0. The number of ether oxygens (including phenoxy) is 3. The Morgan fingerprint density at radius 3 is 1.88 bits per heavy atom. The zero-order valence-corrected chi connectivity index (χ0v) is 19.8. The van der Waals surface area contributed by atoms with Gasteiger partial charge in [-0.2, -0.15) is 43.2 Å². The summed E-state index contributed by atoms with van der Waals surface area (Å²) in [6.45, 7) is 3.16. The molecule has 1 heterocycles. The Kier molecular flexibility index (Phi) is 8.44. The van der Waals surface area contributed by atoms with Gasteiger partial charge in [0.1, 0.15) is 12.4 Å². The molecule has 2 atom stereocenters. The molecule has 11 nitrogen and oxygen atoms in total. The lowest BCUT2D eigenvalue weighted by atomic mass is 10.0. The quantitative estimate of drug-likeness (QED) is 0.116. The van der Waals surface area contributed by atoms with Crippen molar-refractivity contribution < 1.29 is 70.1 Å². The van der Waals surface area contributed by atoms with Gasteiger partial charge >= 0.3 is 48.5 Å². The van der Waals surface area contributed by atoms with E-state index in [4.69, 9.17) is 9.47 Å². The number of methoxy groups -OCH3 is 1. The Balaban J connectivity index is 4.28. The lowest BCUT2D eigenvalue weighted by molar-refractivity contribution is -0.671. The lowest BCUT2D eigenvalue weighted by Crippen LogP contribution is -2.57. The molecule has 0 spiro atoms. The Labute approximate surface area is 190 Å². The minimum absolute atomic E-state index is 0.0402. The van der Waals surface area contributed by atoms with Crippen LogP contribution in [0.15, 0.2) is 18.7 Å². The molecule has 0 aliphatic carbocycles. The highest BCUT2D eigenvalue weighted by Crippen LogP contribution is 2.35. The summed E-state index contributed by atoms with van der Waals surface area (Å²) < 4.78 is 142. The van der Waals surface area contributed by atoms with E-state index in [0.29, 0.717) is 18.6 Å². The summed E-state index contributed by atoms with van der Waals surface area (Å²) in [5.74, 6) is -3.80. The second-order valence-electron chi connectivity index (χ2n) is 6.59. The van der Waals surface area contributed by atoms with Gasteiger partial charge in [-0.1, -0.05) is 0 Å². The Morgan fingerprint density at radius 2 is 1.56 bits per heavy atom. The number of aryl methyl sites for hydroxylation is 1. The van der Waals surface area contributed by atoms with Crippen LogP contribution >= 0.6 is 0 Å². The third kappa shape index (κ3) is 5.29. The summed E-state index contributed by atoms with van der Waals surface area (Å²) in [7, 11) is -13.0. The van der Waals surface area contributed by atoms with Gasteiger partial charge in [0.25, 0.3) is 0 Å². The van der Waals surface area contributed by atoms with Crippen molar-refractivity contribution in [1.29, 1.82) is 0 Å². The summed E-state index contributed by atoms with van der Waals surface area (Å²) in [6.07, 6.45) is 1.58. The summed E-state index contributed by atoms with van der Waals surface area (Å²) in [6, 6.07) is 0. The Hall–Kier alpha value is -2.41. The third-order valence-electron chi connectivity index (χ3n) is 4.15. The highest BCUT2D eigenvalue weighted by molar-refractivity contribution is 7.98. The monoisotopic (exact) mass is 549 g/mol. The fourth-order valence-electron chi connectivity index (χ4n) is 2.54. The van der Waals surface area contributed by atoms with Crippen LogP contribution in [0.2, 0.25) is 0 Å². The van der Waals surface area contributed by atoms with Crippen LogP contribution in [0.4, 0.5) is 26.3 Å². The Bertz CT molecular complexity index is 1110. The second kappa shape index (κ2) is 9.68. The standard InChI is InChI=1S/C15H21F6N3O8S2/c1-6-31-10(2)32-12(25)13(3,23-8-7-22(4)9-23)11(30-5)24(33(26,27)14(16,17)18)34(28,29)15(19,20)21/h7-10H,6H2,1-5H3/q+2. The van der Waals surface area contributed by atoms with Crippen LogP contribution in [0.25, 0.3) is 0 Å². The van der Waals surface area contributed by atoms with Crippen LogP contribution in [0.1, 0.15) is 20.8 Å². The van der Waals surface area contributed by atoms with Gasteiger partial charge in [0, 0.05) is 13.5 Å². The molecular formula is C15H21F6N3O8S2+2. The molecule has 1 aromatic rings. The van der Waals surface area contributed by atoms with Gasteiger partial charge < -0.3 is 14.2 Å². The van der Waals surface area contributed by atoms with Gasteiger partial charge in [-0.05, 0) is 13.8 Å². The minimum atomic E-state index is -7.34. The van der Waals surface area contributed by atoms with Crippen LogP contribution < -0.4 is 4.57 Å². The van der Waals surface area contributed by atoms with Gasteiger partial charge in [0.2, 0.25) is 6.33 Å². The number of carbonyl (C=O) groups excluding carboxylic acids is 1. The molecule has 0 saturated heterocycles. The molecule has 0 bridgehead atoms. The summed E-state index contributed by atoms with van der Waals surface area (Å²) in [5, 5.41) is 0. The largest absolute Gasteiger partial charge is 0.561 e. The number of halogens is 6. The van der Waals surface area contributed by atoms with Crippen molar-refractivity contribution in [2.75, 3.05) is 13.7 Å². The number of aromatic nitrogens is 2.